The monoisotopic (exact) mass is 208 g/mol. The molecule has 5 heteroatoms. The van der Waals surface area contributed by atoms with Crippen LogP contribution in [0.1, 0.15) is 30.3 Å². The first kappa shape index (κ1) is 10.0. The minimum atomic E-state index is 0.00532. The molecule has 0 aromatic carbocycles. The number of nitrogen functional groups attached to an aromatic ring is 1. The van der Waals surface area contributed by atoms with Crippen LogP contribution in [0, 0.1) is 5.92 Å². The Balaban J connectivity index is 2.07. The first-order chi connectivity index (χ1) is 7.16. The molecule has 0 unspecified atom stereocenters. The second kappa shape index (κ2) is 3.92. The van der Waals surface area contributed by atoms with E-state index in [1.807, 2.05) is 4.90 Å². The molecule has 0 spiro atoms. The zero-order valence-electron chi connectivity index (χ0n) is 8.86. The Bertz CT molecular complexity index is 360. The molecule has 1 aromatic rings. The van der Waals surface area contributed by atoms with Crippen LogP contribution in [-0.2, 0) is 0 Å². The van der Waals surface area contributed by atoms with Crippen LogP contribution in [0.4, 0.5) is 5.82 Å². The van der Waals surface area contributed by atoms with Crippen molar-refractivity contribution in [1.29, 1.82) is 0 Å². The fourth-order valence-corrected chi connectivity index (χ4v) is 1.99. The van der Waals surface area contributed by atoms with Crippen LogP contribution in [-0.4, -0.2) is 34.1 Å². The average molecular weight is 208 g/mol. The molecule has 1 atom stereocenters. The van der Waals surface area contributed by atoms with Crippen LogP contribution in [0.15, 0.2) is 6.07 Å². The van der Waals surface area contributed by atoms with Crippen LogP contribution in [0.3, 0.4) is 0 Å². The van der Waals surface area contributed by atoms with Crippen molar-refractivity contribution in [3.05, 3.63) is 11.8 Å². The summed E-state index contributed by atoms with van der Waals surface area (Å²) in [6, 6.07) is 1.58. The number of hydrogen-bond acceptors (Lipinski definition) is 3. The number of aromatic nitrogens is 2. The van der Waals surface area contributed by atoms with Gasteiger partial charge < -0.3 is 10.6 Å². The predicted molar refractivity (Wildman–Crippen MR) is 57.3 cm³/mol. The number of nitrogens with two attached hydrogens (primary N) is 1. The van der Waals surface area contributed by atoms with Gasteiger partial charge in [-0.25, -0.2) is 0 Å². The molecule has 0 radical (unpaired) electrons. The van der Waals surface area contributed by atoms with Crippen LogP contribution in [0.5, 0.6) is 0 Å². The first-order valence-electron chi connectivity index (χ1n) is 5.27. The highest BCUT2D eigenvalue weighted by molar-refractivity contribution is 5.93. The number of carbonyl (C=O) groups excluding carboxylic acids is 1. The average Bonchev–Trinajstić information content (AvgIpc) is 2.64. The number of anilines is 1. The van der Waals surface area contributed by atoms with E-state index in [0.29, 0.717) is 17.4 Å². The lowest BCUT2D eigenvalue weighted by atomic mass is 10.00. The topological polar surface area (TPSA) is 75.0 Å². The van der Waals surface area contributed by atoms with E-state index in [1.165, 1.54) is 6.42 Å². The van der Waals surface area contributed by atoms with E-state index in [-0.39, 0.29) is 5.91 Å². The van der Waals surface area contributed by atoms with Gasteiger partial charge >= 0.3 is 0 Å². The maximum Gasteiger partial charge on any atom is 0.271 e. The number of amides is 1. The molecule has 3 N–H and O–H groups in total. The van der Waals surface area contributed by atoms with Crippen LogP contribution in [0.2, 0.25) is 0 Å². The highest BCUT2D eigenvalue weighted by Crippen LogP contribution is 2.17. The van der Waals surface area contributed by atoms with Crippen molar-refractivity contribution in [2.45, 2.75) is 19.8 Å². The van der Waals surface area contributed by atoms with Gasteiger partial charge in [-0.1, -0.05) is 6.92 Å². The van der Waals surface area contributed by atoms with E-state index >= 15 is 0 Å². The summed E-state index contributed by atoms with van der Waals surface area (Å²) < 4.78 is 0. The van der Waals surface area contributed by atoms with Crippen molar-refractivity contribution in [3.63, 3.8) is 0 Å². The third-order valence-electron chi connectivity index (χ3n) is 2.77. The molecule has 15 heavy (non-hydrogen) atoms. The number of H-pyrrole nitrogens is 1. The van der Waals surface area contributed by atoms with Gasteiger partial charge in [-0.3, -0.25) is 9.89 Å². The summed E-state index contributed by atoms with van der Waals surface area (Å²) in [7, 11) is 0. The summed E-state index contributed by atoms with van der Waals surface area (Å²) in [4.78, 5) is 13.8. The maximum absolute atomic E-state index is 12.0. The van der Waals surface area contributed by atoms with Crippen molar-refractivity contribution in [2.24, 2.45) is 5.92 Å². The van der Waals surface area contributed by atoms with Crippen molar-refractivity contribution in [3.8, 4) is 0 Å². The molecule has 1 amide bonds. The van der Waals surface area contributed by atoms with Gasteiger partial charge in [-0.05, 0) is 18.8 Å². The van der Waals surface area contributed by atoms with E-state index in [4.69, 9.17) is 5.73 Å². The molecule has 1 fully saturated rings. The second-order valence-corrected chi connectivity index (χ2v) is 4.21. The lowest BCUT2D eigenvalue weighted by molar-refractivity contribution is 0.0677. The summed E-state index contributed by atoms with van der Waals surface area (Å²) in [6.07, 6.45) is 2.28. The van der Waals surface area contributed by atoms with E-state index in [1.54, 1.807) is 6.07 Å². The molecular weight excluding hydrogens is 192 g/mol. The zero-order valence-corrected chi connectivity index (χ0v) is 8.86. The number of nitrogens with zero attached hydrogens (tertiary/aromatic N) is 2. The first-order valence-corrected chi connectivity index (χ1v) is 5.27. The zero-order chi connectivity index (χ0) is 10.8. The Morgan fingerprint density at radius 2 is 2.53 bits per heavy atom. The van der Waals surface area contributed by atoms with Gasteiger partial charge in [0.15, 0.2) is 0 Å². The molecule has 5 nitrogen and oxygen atoms in total. The molecular formula is C10H16N4O. The van der Waals surface area contributed by atoms with Gasteiger partial charge in [0.1, 0.15) is 11.5 Å². The van der Waals surface area contributed by atoms with Gasteiger partial charge in [0.2, 0.25) is 0 Å². The quantitative estimate of drug-likeness (QED) is 0.719. The highest BCUT2D eigenvalue weighted by Gasteiger charge is 2.22. The van der Waals surface area contributed by atoms with E-state index < -0.39 is 0 Å². The number of carbonyl (C=O) groups is 1. The standard InChI is InChI=1S/C10H16N4O/c1-7-3-2-4-14(6-7)10(15)8-5-9(11)13-12-8/h5,7H,2-4,6H2,1H3,(H3,11,12,13)/t7-/m0/s1. The van der Waals surface area contributed by atoms with Gasteiger partial charge in [0.25, 0.3) is 5.91 Å². The van der Waals surface area contributed by atoms with Gasteiger partial charge in [-0.15, -0.1) is 0 Å². The lowest BCUT2D eigenvalue weighted by Gasteiger charge is -2.30. The summed E-state index contributed by atoms with van der Waals surface area (Å²) in [5.74, 6) is 0.956. The third kappa shape index (κ3) is 2.11. The normalized spacial score (nSPS) is 21.7. The van der Waals surface area contributed by atoms with Crippen molar-refractivity contribution in [2.75, 3.05) is 18.8 Å². The SMILES string of the molecule is C[C@H]1CCCN(C(=O)c2cc(N)n[nH]2)C1. The molecule has 1 aliphatic rings. The molecule has 1 aromatic heterocycles. The fourth-order valence-electron chi connectivity index (χ4n) is 1.99. The lowest BCUT2D eigenvalue weighted by Crippen LogP contribution is -2.39. The maximum atomic E-state index is 12.0. The summed E-state index contributed by atoms with van der Waals surface area (Å²) in [5, 5.41) is 6.41. The van der Waals surface area contributed by atoms with Crippen LogP contribution >= 0.6 is 0 Å². The smallest absolute Gasteiger partial charge is 0.271 e. The molecule has 2 heterocycles. The minimum Gasteiger partial charge on any atom is -0.382 e. The number of rotatable bonds is 1. The van der Waals surface area contributed by atoms with E-state index in [0.717, 1.165) is 19.5 Å². The van der Waals surface area contributed by atoms with Crippen molar-refractivity contribution in [1.82, 2.24) is 15.1 Å². The molecule has 0 bridgehead atoms. The Kier molecular flexibility index (Phi) is 2.62. The number of piperidine rings is 1. The van der Waals surface area contributed by atoms with Gasteiger partial charge in [0.05, 0.1) is 0 Å². The van der Waals surface area contributed by atoms with Crippen molar-refractivity contribution < 1.29 is 4.79 Å². The second-order valence-electron chi connectivity index (χ2n) is 4.21. The molecule has 82 valence electrons. The Hall–Kier alpha value is -1.52. The number of likely N-dealkylation sites (tertiary alicyclic amines) is 1. The molecule has 0 saturated carbocycles. The predicted octanol–water partition coefficient (Wildman–Crippen LogP) is 0.864. The van der Waals surface area contributed by atoms with Gasteiger partial charge in [0, 0.05) is 19.2 Å². The minimum absolute atomic E-state index is 0.00532. The Morgan fingerprint density at radius 3 is 3.13 bits per heavy atom. The van der Waals surface area contributed by atoms with Crippen LogP contribution < -0.4 is 5.73 Å². The third-order valence-corrected chi connectivity index (χ3v) is 2.77. The summed E-state index contributed by atoms with van der Waals surface area (Å²) in [5.41, 5.74) is 5.95. The fraction of sp³-hybridized carbons (Fsp3) is 0.600. The molecule has 1 aliphatic heterocycles. The summed E-state index contributed by atoms with van der Waals surface area (Å²) in [6.45, 7) is 3.83. The van der Waals surface area contributed by atoms with E-state index in [2.05, 4.69) is 17.1 Å². The van der Waals surface area contributed by atoms with Crippen molar-refractivity contribution >= 4 is 11.7 Å². The van der Waals surface area contributed by atoms with E-state index in [9.17, 15) is 4.79 Å². The Morgan fingerprint density at radius 1 is 1.73 bits per heavy atom. The molecule has 0 aliphatic carbocycles. The summed E-state index contributed by atoms with van der Waals surface area (Å²) >= 11 is 0. The highest BCUT2D eigenvalue weighted by atomic mass is 16.2. The number of nitrogens with one attached hydrogen (secondary N) is 1. The van der Waals surface area contributed by atoms with Crippen LogP contribution in [0.25, 0.3) is 0 Å². The van der Waals surface area contributed by atoms with Gasteiger partial charge in [-0.2, -0.15) is 5.10 Å². The molecule has 1 saturated heterocycles. The Labute approximate surface area is 88.6 Å². The number of hydrogen-bond donors (Lipinski definition) is 2. The largest absolute Gasteiger partial charge is 0.382 e. The number of aromatic amines is 1. The molecule has 2 rings (SSSR count).